The molecule has 108 valence electrons. The van der Waals surface area contributed by atoms with E-state index in [0.717, 1.165) is 49.1 Å². The topological polar surface area (TPSA) is 43.8 Å². The van der Waals surface area contributed by atoms with Gasteiger partial charge in [0.2, 0.25) is 0 Å². The number of nitrogens with two attached hydrogens (primary N) is 1. The Labute approximate surface area is 119 Å². The van der Waals surface area contributed by atoms with E-state index in [1.54, 1.807) is 12.1 Å². The Hall–Kier alpha value is -1.42. The van der Waals surface area contributed by atoms with Crippen LogP contribution in [0.25, 0.3) is 11.0 Å². The van der Waals surface area contributed by atoms with Crippen molar-refractivity contribution in [1.29, 1.82) is 0 Å². The normalized spacial score (nSPS) is 26.5. The van der Waals surface area contributed by atoms with Gasteiger partial charge in [-0.2, -0.15) is 0 Å². The van der Waals surface area contributed by atoms with Crippen molar-refractivity contribution < 1.29 is 4.39 Å². The first kappa shape index (κ1) is 13.6. The Morgan fingerprint density at radius 3 is 2.95 bits per heavy atom. The third-order valence-corrected chi connectivity index (χ3v) is 4.70. The van der Waals surface area contributed by atoms with Gasteiger partial charge in [-0.25, -0.2) is 9.37 Å². The molecular formula is C16H22FN3. The summed E-state index contributed by atoms with van der Waals surface area (Å²) >= 11 is 0. The Balaban J connectivity index is 2.21. The molecule has 1 aromatic carbocycles. The van der Waals surface area contributed by atoms with Crippen LogP contribution in [0.3, 0.4) is 0 Å². The second kappa shape index (κ2) is 4.85. The first-order chi connectivity index (χ1) is 9.56. The zero-order chi connectivity index (χ0) is 14.3. The maximum absolute atomic E-state index is 13.5. The average Bonchev–Trinajstić information content (AvgIpc) is 2.93. The van der Waals surface area contributed by atoms with Crippen molar-refractivity contribution in [3.63, 3.8) is 0 Å². The number of rotatable bonds is 3. The third-order valence-electron chi connectivity index (χ3n) is 4.70. The highest BCUT2D eigenvalue weighted by Crippen LogP contribution is 2.40. The van der Waals surface area contributed by atoms with Gasteiger partial charge in [-0.3, -0.25) is 0 Å². The first-order valence-electron chi connectivity index (χ1n) is 7.48. The molecule has 0 amide bonds. The van der Waals surface area contributed by atoms with Crippen molar-refractivity contribution in [2.45, 2.75) is 57.5 Å². The molecule has 3 nitrogen and oxygen atoms in total. The van der Waals surface area contributed by atoms with E-state index >= 15 is 0 Å². The second-order valence-electron chi connectivity index (χ2n) is 6.14. The molecule has 1 aliphatic carbocycles. The van der Waals surface area contributed by atoms with Gasteiger partial charge in [-0.1, -0.05) is 20.3 Å². The van der Waals surface area contributed by atoms with Crippen LogP contribution < -0.4 is 5.73 Å². The number of hydrogen-bond donors (Lipinski definition) is 1. The average molecular weight is 275 g/mol. The smallest absolute Gasteiger partial charge is 0.125 e. The Bertz CT molecular complexity index is 634. The number of hydrogen-bond acceptors (Lipinski definition) is 2. The van der Waals surface area contributed by atoms with Gasteiger partial charge >= 0.3 is 0 Å². The summed E-state index contributed by atoms with van der Waals surface area (Å²) in [6, 6.07) is 4.97. The largest absolute Gasteiger partial charge is 0.327 e. The van der Waals surface area contributed by atoms with Gasteiger partial charge in [-0.05, 0) is 37.5 Å². The lowest BCUT2D eigenvalue weighted by molar-refractivity contribution is 0.386. The number of aryl methyl sites for hydroxylation is 1. The zero-order valence-electron chi connectivity index (χ0n) is 12.2. The van der Waals surface area contributed by atoms with Gasteiger partial charge in [0.1, 0.15) is 11.6 Å². The lowest BCUT2D eigenvalue weighted by atomic mass is 9.84. The van der Waals surface area contributed by atoms with Gasteiger partial charge in [0.15, 0.2) is 0 Å². The summed E-state index contributed by atoms with van der Waals surface area (Å²) in [6.45, 7) is 5.19. The number of halogens is 1. The van der Waals surface area contributed by atoms with E-state index in [4.69, 9.17) is 10.7 Å². The van der Waals surface area contributed by atoms with E-state index in [9.17, 15) is 4.39 Å². The lowest BCUT2D eigenvalue weighted by Gasteiger charge is -2.29. The number of fused-ring (bicyclic) bond motifs is 1. The summed E-state index contributed by atoms with van der Waals surface area (Å²) in [5.74, 6) is 0.826. The van der Waals surface area contributed by atoms with Crippen LogP contribution in [0.2, 0.25) is 0 Å². The number of aromatic nitrogens is 2. The van der Waals surface area contributed by atoms with Crippen molar-refractivity contribution >= 4 is 11.0 Å². The molecule has 1 aromatic heterocycles. The van der Waals surface area contributed by atoms with Crippen molar-refractivity contribution in [3.8, 4) is 0 Å². The molecule has 3 rings (SSSR count). The van der Waals surface area contributed by atoms with E-state index in [1.807, 2.05) is 0 Å². The molecule has 1 saturated carbocycles. The van der Waals surface area contributed by atoms with E-state index in [0.29, 0.717) is 0 Å². The van der Waals surface area contributed by atoms with Crippen LogP contribution >= 0.6 is 0 Å². The first-order valence-corrected chi connectivity index (χ1v) is 7.48. The van der Waals surface area contributed by atoms with Gasteiger partial charge in [0.05, 0.1) is 11.0 Å². The lowest BCUT2D eigenvalue weighted by Crippen LogP contribution is -2.40. The molecule has 2 N–H and O–H groups in total. The summed E-state index contributed by atoms with van der Waals surface area (Å²) in [7, 11) is 0. The van der Waals surface area contributed by atoms with Crippen LogP contribution in [0, 0.1) is 5.82 Å². The molecule has 0 radical (unpaired) electrons. The summed E-state index contributed by atoms with van der Waals surface area (Å²) in [6.07, 6.45) is 4.24. The maximum Gasteiger partial charge on any atom is 0.125 e. The molecular weight excluding hydrogens is 253 g/mol. The highest BCUT2D eigenvalue weighted by Gasteiger charge is 2.41. The van der Waals surface area contributed by atoms with Crippen LogP contribution in [0.5, 0.6) is 0 Å². The third kappa shape index (κ3) is 1.94. The predicted molar refractivity (Wildman–Crippen MR) is 79.2 cm³/mol. The number of benzene rings is 1. The van der Waals surface area contributed by atoms with Crippen LogP contribution in [-0.4, -0.2) is 15.6 Å². The SMILES string of the molecule is CCCn1c(C2(C)CCCC2N)nc2ccc(F)cc21. The molecule has 2 aromatic rings. The number of imidazole rings is 1. The zero-order valence-corrected chi connectivity index (χ0v) is 12.2. The summed E-state index contributed by atoms with van der Waals surface area (Å²) in [4.78, 5) is 4.79. The van der Waals surface area contributed by atoms with Crippen LogP contribution in [0.4, 0.5) is 4.39 Å². The fourth-order valence-corrected chi connectivity index (χ4v) is 3.45. The molecule has 0 aliphatic heterocycles. The fourth-order valence-electron chi connectivity index (χ4n) is 3.45. The van der Waals surface area contributed by atoms with Gasteiger partial charge < -0.3 is 10.3 Å². The van der Waals surface area contributed by atoms with E-state index in [1.165, 1.54) is 6.07 Å². The highest BCUT2D eigenvalue weighted by atomic mass is 19.1. The van der Waals surface area contributed by atoms with Gasteiger partial charge in [0, 0.05) is 18.0 Å². The molecule has 20 heavy (non-hydrogen) atoms. The quantitative estimate of drug-likeness (QED) is 0.933. The van der Waals surface area contributed by atoms with E-state index in [-0.39, 0.29) is 17.3 Å². The minimum absolute atomic E-state index is 0.0926. The van der Waals surface area contributed by atoms with E-state index in [2.05, 4.69) is 18.4 Å². The minimum Gasteiger partial charge on any atom is -0.327 e. The van der Waals surface area contributed by atoms with Gasteiger partial charge in [0.25, 0.3) is 0 Å². The summed E-state index contributed by atoms with van der Waals surface area (Å²) in [5, 5.41) is 0. The Morgan fingerprint density at radius 1 is 1.50 bits per heavy atom. The van der Waals surface area contributed by atoms with Gasteiger partial charge in [-0.15, -0.1) is 0 Å². The monoisotopic (exact) mass is 275 g/mol. The van der Waals surface area contributed by atoms with Crippen molar-refractivity contribution in [2.24, 2.45) is 5.73 Å². The van der Waals surface area contributed by atoms with Crippen LogP contribution in [-0.2, 0) is 12.0 Å². The summed E-state index contributed by atoms with van der Waals surface area (Å²) in [5.41, 5.74) is 8.00. The van der Waals surface area contributed by atoms with Crippen LogP contribution in [0.1, 0.15) is 45.4 Å². The molecule has 0 spiro atoms. The standard InChI is InChI=1S/C16H22FN3/c1-3-9-20-13-10-11(17)6-7-12(13)19-15(20)16(2)8-4-5-14(16)18/h6-7,10,14H,3-5,8-9,18H2,1-2H3. The molecule has 0 saturated heterocycles. The molecule has 2 unspecified atom stereocenters. The minimum atomic E-state index is -0.206. The van der Waals surface area contributed by atoms with Crippen molar-refractivity contribution in [1.82, 2.24) is 9.55 Å². The highest BCUT2D eigenvalue weighted by molar-refractivity contribution is 5.76. The van der Waals surface area contributed by atoms with Crippen molar-refractivity contribution in [2.75, 3.05) is 0 Å². The Kier molecular flexibility index (Phi) is 3.28. The van der Waals surface area contributed by atoms with Crippen LogP contribution in [0.15, 0.2) is 18.2 Å². The van der Waals surface area contributed by atoms with Crippen molar-refractivity contribution in [3.05, 3.63) is 29.8 Å². The number of nitrogens with zero attached hydrogens (tertiary/aromatic N) is 2. The molecule has 2 atom stereocenters. The molecule has 4 heteroatoms. The van der Waals surface area contributed by atoms with E-state index < -0.39 is 0 Å². The molecule has 0 bridgehead atoms. The Morgan fingerprint density at radius 2 is 2.30 bits per heavy atom. The summed E-state index contributed by atoms with van der Waals surface area (Å²) < 4.78 is 15.7. The fraction of sp³-hybridized carbons (Fsp3) is 0.562. The second-order valence-corrected chi connectivity index (χ2v) is 6.14. The predicted octanol–water partition coefficient (Wildman–Crippen LogP) is 3.35. The molecule has 1 aliphatic rings. The maximum atomic E-state index is 13.5. The molecule has 1 heterocycles. The molecule has 1 fully saturated rings.